The topological polar surface area (TPSA) is 55.0 Å². The lowest BCUT2D eigenvalue weighted by atomic mass is 10.0. The number of methoxy groups -OCH3 is 1. The van der Waals surface area contributed by atoms with Crippen molar-refractivity contribution < 1.29 is 4.74 Å². The normalized spacial score (nSPS) is 18.8. The summed E-state index contributed by atoms with van der Waals surface area (Å²) in [6, 6.07) is 0. The first-order valence-corrected chi connectivity index (χ1v) is 6.78. The lowest BCUT2D eigenvalue weighted by Crippen LogP contribution is -2.31. The second kappa shape index (κ2) is 5.22. The highest BCUT2D eigenvalue weighted by molar-refractivity contribution is 5.21. The van der Waals surface area contributed by atoms with Gasteiger partial charge in [-0.25, -0.2) is 4.98 Å². The number of rotatable bonds is 3. The maximum Gasteiger partial charge on any atom is 0.254 e. The molecular weight excluding hydrogens is 228 g/mol. The zero-order valence-corrected chi connectivity index (χ0v) is 11.5. The van der Waals surface area contributed by atoms with E-state index in [4.69, 9.17) is 4.74 Å². The molecule has 1 aromatic rings. The average molecular weight is 250 g/mol. The highest BCUT2D eigenvalue weighted by Gasteiger charge is 2.28. The fraction of sp³-hybridized carbons (Fsp3) is 0.714. The van der Waals surface area contributed by atoms with Crippen LogP contribution < -0.4 is 5.56 Å². The SMILES string of the molecule is CCC(C)(OC)c1nc2c(c(=O)[nH]1)CCCCC2. The van der Waals surface area contributed by atoms with Crippen LogP contribution in [-0.4, -0.2) is 17.1 Å². The zero-order chi connectivity index (χ0) is 13.2. The molecule has 0 amide bonds. The van der Waals surface area contributed by atoms with Gasteiger partial charge in [0.25, 0.3) is 5.56 Å². The van der Waals surface area contributed by atoms with E-state index in [0.29, 0.717) is 5.82 Å². The number of ether oxygens (including phenoxy) is 1. The van der Waals surface area contributed by atoms with Gasteiger partial charge in [-0.1, -0.05) is 13.3 Å². The molecule has 1 atom stereocenters. The Balaban J connectivity index is 2.50. The standard InChI is InChI=1S/C14H22N2O2/c1-4-14(2,18-3)13-15-11-9-7-5-6-8-10(11)12(17)16-13/h4-9H2,1-3H3,(H,15,16,17). The van der Waals surface area contributed by atoms with Gasteiger partial charge in [0.15, 0.2) is 0 Å². The number of aryl methyl sites for hydroxylation is 1. The van der Waals surface area contributed by atoms with Gasteiger partial charge in [0.2, 0.25) is 0 Å². The van der Waals surface area contributed by atoms with Crippen LogP contribution in [0, 0.1) is 0 Å². The Bertz CT molecular complexity index is 475. The Hall–Kier alpha value is -1.16. The third-order valence-electron chi connectivity index (χ3n) is 4.07. The van der Waals surface area contributed by atoms with E-state index in [1.165, 1.54) is 6.42 Å². The fourth-order valence-corrected chi connectivity index (χ4v) is 2.44. The number of fused-ring (bicyclic) bond motifs is 1. The van der Waals surface area contributed by atoms with E-state index < -0.39 is 5.60 Å². The van der Waals surface area contributed by atoms with Crippen molar-refractivity contribution in [3.63, 3.8) is 0 Å². The maximum atomic E-state index is 12.2. The Morgan fingerprint density at radius 2 is 2.06 bits per heavy atom. The van der Waals surface area contributed by atoms with Crippen LogP contribution in [0.25, 0.3) is 0 Å². The van der Waals surface area contributed by atoms with Gasteiger partial charge in [0.1, 0.15) is 11.4 Å². The van der Waals surface area contributed by atoms with Crippen LogP contribution >= 0.6 is 0 Å². The number of nitrogens with zero attached hydrogens (tertiary/aromatic N) is 1. The summed E-state index contributed by atoms with van der Waals surface area (Å²) in [5.74, 6) is 0.665. The summed E-state index contributed by atoms with van der Waals surface area (Å²) in [5.41, 5.74) is 1.38. The van der Waals surface area contributed by atoms with E-state index in [0.717, 1.165) is 43.4 Å². The molecule has 100 valence electrons. The minimum Gasteiger partial charge on any atom is -0.371 e. The summed E-state index contributed by atoms with van der Waals surface area (Å²) in [5, 5.41) is 0. The van der Waals surface area contributed by atoms with E-state index in [1.807, 2.05) is 13.8 Å². The molecule has 1 aromatic heterocycles. The zero-order valence-electron chi connectivity index (χ0n) is 11.5. The molecule has 1 heterocycles. The molecule has 4 heteroatoms. The first-order valence-electron chi connectivity index (χ1n) is 6.78. The van der Waals surface area contributed by atoms with Gasteiger partial charge in [-0.05, 0) is 39.0 Å². The number of nitrogens with one attached hydrogen (secondary N) is 1. The molecular formula is C14H22N2O2. The molecule has 2 rings (SSSR count). The minimum absolute atomic E-state index is 0.0219. The monoisotopic (exact) mass is 250 g/mol. The fourth-order valence-electron chi connectivity index (χ4n) is 2.44. The van der Waals surface area contributed by atoms with E-state index in [9.17, 15) is 4.79 Å². The molecule has 0 saturated heterocycles. The summed E-state index contributed by atoms with van der Waals surface area (Å²) in [4.78, 5) is 19.7. The molecule has 4 nitrogen and oxygen atoms in total. The summed E-state index contributed by atoms with van der Waals surface area (Å²) in [7, 11) is 1.66. The Labute approximate surface area is 108 Å². The molecule has 0 fully saturated rings. The molecule has 0 aliphatic heterocycles. The first-order chi connectivity index (χ1) is 8.60. The van der Waals surface area contributed by atoms with Gasteiger partial charge in [0.05, 0.1) is 5.69 Å². The minimum atomic E-state index is -0.500. The quantitative estimate of drug-likeness (QED) is 0.837. The van der Waals surface area contributed by atoms with Crippen molar-refractivity contribution in [2.75, 3.05) is 7.11 Å². The van der Waals surface area contributed by atoms with Gasteiger partial charge in [0, 0.05) is 12.7 Å². The van der Waals surface area contributed by atoms with Crippen LogP contribution in [0.4, 0.5) is 0 Å². The summed E-state index contributed by atoms with van der Waals surface area (Å²) in [6.07, 6.45) is 5.94. The van der Waals surface area contributed by atoms with Gasteiger partial charge in [-0.3, -0.25) is 4.79 Å². The van der Waals surface area contributed by atoms with Gasteiger partial charge < -0.3 is 9.72 Å². The molecule has 18 heavy (non-hydrogen) atoms. The summed E-state index contributed by atoms with van der Waals surface area (Å²) >= 11 is 0. The molecule has 0 radical (unpaired) electrons. The highest BCUT2D eigenvalue weighted by atomic mass is 16.5. The highest BCUT2D eigenvalue weighted by Crippen LogP contribution is 2.26. The number of aromatic nitrogens is 2. The third kappa shape index (κ3) is 2.34. The van der Waals surface area contributed by atoms with Crippen molar-refractivity contribution in [2.24, 2.45) is 0 Å². The van der Waals surface area contributed by atoms with Crippen molar-refractivity contribution in [3.05, 3.63) is 27.4 Å². The van der Waals surface area contributed by atoms with Gasteiger partial charge in [-0.2, -0.15) is 0 Å². The van der Waals surface area contributed by atoms with Crippen LogP contribution in [0.5, 0.6) is 0 Å². The second-order valence-corrected chi connectivity index (χ2v) is 5.19. The van der Waals surface area contributed by atoms with Crippen molar-refractivity contribution >= 4 is 0 Å². The number of hydrogen-bond donors (Lipinski definition) is 1. The molecule has 1 aliphatic rings. The number of aromatic amines is 1. The summed E-state index contributed by atoms with van der Waals surface area (Å²) in [6.45, 7) is 4.00. The Morgan fingerprint density at radius 1 is 1.33 bits per heavy atom. The lowest BCUT2D eigenvalue weighted by Gasteiger charge is -2.26. The molecule has 1 N–H and O–H groups in total. The first kappa shape index (κ1) is 13.3. The molecule has 0 spiro atoms. The number of hydrogen-bond acceptors (Lipinski definition) is 3. The van der Waals surface area contributed by atoms with Gasteiger partial charge in [-0.15, -0.1) is 0 Å². The predicted molar refractivity (Wildman–Crippen MR) is 70.8 cm³/mol. The van der Waals surface area contributed by atoms with Crippen LogP contribution in [0.15, 0.2) is 4.79 Å². The van der Waals surface area contributed by atoms with Crippen LogP contribution in [0.3, 0.4) is 0 Å². The van der Waals surface area contributed by atoms with Gasteiger partial charge >= 0.3 is 0 Å². The molecule has 0 bridgehead atoms. The Morgan fingerprint density at radius 3 is 2.72 bits per heavy atom. The van der Waals surface area contributed by atoms with Crippen molar-refractivity contribution in [2.45, 2.75) is 58.0 Å². The predicted octanol–water partition coefficient (Wildman–Crippen LogP) is 2.31. The van der Waals surface area contributed by atoms with E-state index in [1.54, 1.807) is 7.11 Å². The van der Waals surface area contributed by atoms with Crippen molar-refractivity contribution in [1.82, 2.24) is 9.97 Å². The maximum absolute atomic E-state index is 12.2. The van der Waals surface area contributed by atoms with E-state index in [2.05, 4.69) is 9.97 Å². The van der Waals surface area contributed by atoms with Crippen molar-refractivity contribution in [1.29, 1.82) is 0 Å². The summed E-state index contributed by atoms with van der Waals surface area (Å²) < 4.78 is 5.52. The van der Waals surface area contributed by atoms with Crippen LogP contribution in [-0.2, 0) is 23.2 Å². The second-order valence-electron chi connectivity index (χ2n) is 5.19. The number of H-pyrrole nitrogens is 1. The van der Waals surface area contributed by atoms with E-state index >= 15 is 0 Å². The molecule has 1 unspecified atom stereocenters. The average Bonchev–Trinajstić information content (AvgIpc) is 2.63. The molecule has 0 aromatic carbocycles. The van der Waals surface area contributed by atoms with Crippen molar-refractivity contribution in [3.8, 4) is 0 Å². The third-order valence-corrected chi connectivity index (χ3v) is 4.07. The largest absolute Gasteiger partial charge is 0.371 e. The molecule has 1 aliphatic carbocycles. The van der Waals surface area contributed by atoms with E-state index in [-0.39, 0.29) is 5.56 Å². The smallest absolute Gasteiger partial charge is 0.254 e. The van der Waals surface area contributed by atoms with Crippen LogP contribution in [0.1, 0.15) is 56.6 Å². The van der Waals surface area contributed by atoms with Crippen LogP contribution in [0.2, 0.25) is 0 Å². The lowest BCUT2D eigenvalue weighted by molar-refractivity contribution is -0.00939. The Kier molecular flexibility index (Phi) is 3.85. The molecule has 0 saturated carbocycles.